The number of carbonyl (C=O) groups is 1. The van der Waals surface area contributed by atoms with Crippen LogP contribution in [0.2, 0.25) is 0 Å². The summed E-state index contributed by atoms with van der Waals surface area (Å²) in [6, 6.07) is 6.83. The van der Waals surface area contributed by atoms with E-state index in [0.717, 1.165) is 36.4 Å². The SMILES string of the molecule is CCOc1ccc(NC(=O)Nc2sc3nc4n(c(=O)c3c2C)CC[C@H](C)CC4)cc1. The van der Waals surface area contributed by atoms with Gasteiger partial charge >= 0.3 is 6.03 Å². The molecule has 0 saturated carbocycles. The molecular weight excluding hydrogens is 400 g/mol. The Kier molecular flexibility index (Phi) is 5.76. The average molecular weight is 427 g/mol. The van der Waals surface area contributed by atoms with Gasteiger partial charge in [-0.15, -0.1) is 0 Å². The fourth-order valence-corrected chi connectivity index (χ4v) is 4.82. The number of carbonyl (C=O) groups excluding carboxylic acids is 1. The van der Waals surface area contributed by atoms with Crippen molar-refractivity contribution in [2.75, 3.05) is 17.2 Å². The van der Waals surface area contributed by atoms with E-state index in [4.69, 9.17) is 9.72 Å². The maximum Gasteiger partial charge on any atom is 0.324 e. The summed E-state index contributed by atoms with van der Waals surface area (Å²) < 4.78 is 7.23. The number of nitrogens with one attached hydrogen (secondary N) is 2. The first-order chi connectivity index (χ1) is 14.5. The standard InChI is InChI=1S/C22H26N4O3S/c1-4-29-16-8-6-15(7-9-16)23-22(28)25-19-14(3)18-20(30-19)24-17-10-5-13(2)11-12-26(17)21(18)27/h6-9,13H,4-5,10-12H2,1-3H3,(H2,23,25,28)/t13-/m1/s1. The number of nitrogens with zero attached hydrogens (tertiary/aromatic N) is 2. The third kappa shape index (κ3) is 4.05. The van der Waals surface area contributed by atoms with Crippen molar-refractivity contribution in [3.63, 3.8) is 0 Å². The van der Waals surface area contributed by atoms with Crippen LogP contribution in [-0.2, 0) is 13.0 Å². The maximum atomic E-state index is 13.1. The van der Waals surface area contributed by atoms with Crippen molar-refractivity contribution < 1.29 is 9.53 Å². The van der Waals surface area contributed by atoms with E-state index in [1.165, 1.54) is 11.3 Å². The molecule has 1 aliphatic rings. The predicted octanol–water partition coefficient (Wildman–Crippen LogP) is 4.78. The van der Waals surface area contributed by atoms with Gasteiger partial charge in [-0.2, -0.15) is 0 Å². The number of aromatic nitrogens is 2. The molecule has 2 aromatic heterocycles. The number of urea groups is 1. The molecule has 2 amide bonds. The van der Waals surface area contributed by atoms with E-state index in [-0.39, 0.29) is 11.6 Å². The highest BCUT2D eigenvalue weighted by molar-refractivity contribution is 7.22. The van der Waals surface area contributed by atoms with Gasteiger partial charge in [-0.05, 0) is 62.4 Å². The Morgan fingerprint density at radius 2 is 2.03 bits per heavy atom. The zero-order valence-corrected chi connectivity index (χ0v) is 18.3. The smallest absolute Gasteiger partial charge is 0.324 e. The lowest BCUT2D eigenvalue weighted by molar-refractivity contribution is 0.262. The molecule has 1 atom stereocenters. The summed E-state index contributed by atoms with van der Waals surface area (Å²) in [4.78, 5) is 31.1. The molecular formula is C22H26N4O3S. The van der Waals surface area contributed by atoms with E-state index < -0.39 is 0 Å². The average Bonchev–Trinajstić information content (AvgIpc) is 2.89. The molecule has 0 radical (unpaired) electrons. The molecule has 0 unspecified atom stereocenters. The molecule has 4 rings (SSSR count). The Labute approximate surface area is 179 Å². The molecule has 2 N–H and O–H groups in total. The van der Waals surface area contributed by atoms with Gasteiger partial charge in [0.15, 0.2) is 0 Å². The summed E-state index contributed by atoms with van der Waals surface area (Å²) in [5, 5.41) is 6.94. The van der Waals surface area contributed by atoms with Crippen LogP contribution in [0.3, 0.4) is 0 Å². The number of benzene rings is 1. The molecule has 0 aliphatic carbocycles. The topological polar surface area (TPSA) is 85.2 Å². The minimum Gasteiger partial charge on any atom is -0.494 e. The summed E-state index contributed by atoms with van der Waals surface area (Å²) in [7, 11) is 0. The summed E-state index contributed by atoms with van der Waals surface area (Å²) in [5.41, 5.74) is 1.42. The second-order valence-corrected chi connectivity index (χ2v) is 8.69. The second-order valence-electron chi connectivity index (χ2n) is 7.69. The molecule has 158 valence electrons. The van der Waals surface area contributed by atoms with Crippen LogP contribution in [0.1, 0.15) is 38.1 Å². The summed E-state index contributed by atoms with van der Waals surface area (Å²) in [6.07, 6.45) is 2.83. The summed E-state index contributed by atoms with van der Waals surface area (Å²) in [5.74, 6) is 2.20. The van der Waals surface area contributed by atoms with Crippen LogP contribution in [0.25, 0.3) is 10.2 Å². The van der Waals surface area contributed by atoms with Gasteiger partial charge in [-0.25, -0.2) is 9.78 Å². The van der Waals surface area contributed by atoms with Gasteiger partial charge in [0, 0.05) is 18.7 Å². The van der Waals surface area contributed by atoms with Gasteiger partial charge in [0.2, 0.25) is 0 Å². The Balaban J connectivity index is 1.56. The molecule has 0 fully saturated rings. The molecule has 3 aromatic rings. The Morgan fingerprint density at radius 1 is 1.27 bits per heavy atom. The monoisotopic (exact) mass is 426 g/mol. The van der Waals surface area contributed by atoms with E-state index >= 15 is 0 Å². The fraction of sp³-hybridized carbons (Fsp3) is 0.409. The molecule has 1 aromatic carbocycles. The van der Waals surface area contributed by atoms with Crippen molar-refractivity contribution in [1.82, 2.24) is 9.55 Å². The van der Waals surface area contributed by atoms with Crippen LogP contribution in [0.15, 0.2) is 29.1 Å². The van der Waals surface area contributed by atoms with Crippen molar-refractivity contribution >= 4 is 38.3 Å². The van der Waals surface area contributed by atoms with Crippen molar-refractivity contribution in [3.8, 4) is 5.75 Å². The first kappa shape index (κ1) is 20.4. The number of anilines is 2. The van der Waals surface area contributed by atoms with Crippen LogP contribution >= 0.6 is 11.3 Å². The summed E-state index contributed by atoms with van der Waals surface area (Å²) >= 11 is 1.35. The third-order valence-electron chi connectivity index (χ3n) is 5.49. The van der Waals surface area contributed by atoms with E-state index in [1.807, 2.05) is 30.5 Å². The minimum atomic E-state index is -0.357. The Bertz CT molecular complexity index is 1130. The number of thiophene rings is 1. The normalized spacial score (nSPS) is 16.0. The van der Waals surface area contributed by atoms with Crippen LogP contribution in [-0.4, -0.2) is 22.2 Å². The Hall–Kier alpha value is -2.87. The fourth-order valence-electron chi connectivity index (χ4n) is 3.74. The number of fused-ring (bicyclic) bond motifs is 2. The van der Waals surface area contributed by atoms with Gasteiger partial charge in [0.25, 0.3) is 5.56 Å². The zero-order valence-electron chi connectivity index (χ0n) is 17.4. The van der Waals surface area contributed by atoms with E-state index in [9.17, 15) is 9.59 Å². The number of hydrogen-bond donors (Lipinski definition) is 2. The highest BCUT2D eigenvalue weighted by atomic mass is 32.1. The van der Waals surface area contributed by atoms with Gasteiger partial charge in [0.05, 0.1) is 12.0 Å². The largest absolute Gasteiger partial charge is 0.494 e. The van der Waals surface area contributed by atoms with E-state index in [1.54, 1.807) is 12.1 Å². The molecule has 0 spiro atoms. The maximum absolute atomic E-state index is 13.1. The molecule has 1 aliphatic heterocycles. The number of aryl methyl sites for hydroxylation is 2. The van der Waals surface area contributed by atoms with Crippen LogP contribution < -0.4 is 20.9 Å². The van der Waals surface area contributed by atoms with Crippen LogP contribution in [0.4, 0.5) is 15.5 Å². The van der Waals surface area contributed by atoms with Crippen molar-refractivity contribution in [2.24, 2.45) is 5.92 Å². The highest BCUT2D eigenvalue weighted by Gasteiger charge is 2.21. The second kappa shape index (κ2) is 8.47. The first-order valence-electron chi connectivity index (χ1n) is 10.3. The summed E-state index contributed by atoms with van der Waals surface area (Å²) in [6.45, 7) is 7.30. The van der Waals surface area contributed by atoms with Gasteiger partial charge in [-0.3, -0.25) is 14.7 Å². The molecule has 0 saturated heterocycles. The minimum absolute atomic E-state index is 0.00202. The van der Waals surface area contributed by atoms with Crippen molar-refractivity contribution in [1.29, 1.82) is 0 Å². The lowest BCUT2D eigenvalue weighted by Gasteiger charge is -2.09. The van der Waals surface area contributed by atoms with Crippen molar-refractivity contribution in [3.05, 3.63) is 46.0 Å². The quantitative estimate of drug-likeness (QED) is 0.629. The van der Waals surface area contributed by atoms with Gasteiger partial charge in [-0.1, -0.05) is 18.3 Å². The Morgan fingerprint density at radius 3 is 2.77 bits per heavy atom. The predicted molar refractivity (Wildman–Crippen MR) is 121 cm³/mol. The van der Waals surface area contributed by atoms with E-state index in [0.29, 0.717) is 40.0 Å². The number of amides is 2. The number of rotatable bonds is 4. The van der Waals surface area contributed by atoms with Gasteiger partial charge in [0.1, 0.15) is 21.4 Å². The van der Waals surface area contributed by atoms with Gasteiger partial charge < -0.3 is 10.1 Å². The highest BCUT2D eigenvalue weighted by Crippen LogP contribution is 2.33. The van der Waals surface area contributed by atoms with Crippen molar-refractivity contribution in [2.45, 2.75) is 46.6 Å². The molecule has 7 nitrogen and oxygen atoms in total. The first-order valence-corrected chi connectivity index (χ1v) is 11.1. The van der Waals surface area contributed by atoms with Crippen LogP contribution in [0.5, 0.6) is 5.75 Å². The van der Waals surface area contributed by atoms with Crippen LogP contribution in [0, 0.1) is 12.8 Å². The lowest BCUT2D eigenvalue weighted by Crippen LogP contribution is -2.24. The molecule has 30 heavy (non-hydrogen) atoms. The molecule has 8 heteroatoms. The third-order valence-corrected chi connectivity index (χ3v) is 6.59. The molecule has 3 heterocycles. The molecule has 0 bridgehead atoms. The zero-order chi connectivity index (χ0) is 21.3. The lowest BCUT2D eigenvalue weighted by atomic mass is 10.0. The number of hydrogen-bond acceptors (Lipinski definition) is 5. The van der Waals surface area contributed by atoms with E-state index in [2.05, 4.69) is 17.6 Å². The number of ether oxygens (including phenoxy) is 1.